The average Bonchev–Trinajstić information content (AvgIpc) is 2.83. The number of ether oxygens (including phenoxy) is 1. The number of hydrogen-bond donors (Lipinski definition) is 3. The molecule has 2 aliphatic rings. The van der Waals surface area contributed by atoms with Gasteiger partial charge in [0.05, 0.1) is 19.1 Å². The van der Waals surface area contributed by atoms with E-state index in [0.29, 0.717) is 19.4 Å². The van der Waals surface area contributed by atoms with Gasteiger partial charge in [-0.05, 0) is 31.4 Å². The first kappa shape index (κ1) is 24.2. The lowest BCUT2D eigenvalue weighted by Crippen LogP contribution is -2.52. The monoisotopic (exact) mass is 444 g/mol. The van der Waals surface area contributed by atoms with Gasteiger partial charge in [0.25, 0.3) is 0 Å². The van der Waals surface area contributed by atoms with Crippen molar-refractivity contribution in [2.24, 2.45) is 11.1 Å². The Balaban J connectivity index is 1.57. The Morgan fingerprint density at radius 1 is 1.03 bits per heavy atom. The predicted molar refractivity (Wildman–Crippen MR) is 122 cm³/mol. The molecule has 1 heterocycles. The van der Waals surface area contributed by atoms with Crippen molar-refractivity contribution in [2.45, 2.75) is 44.4 Å². The first-order valence-electron chi connectivity index (χ1n) is 11.7. The Morgan fingerprint density at radius 2 is 1.72 bits per heavy atom. The maximum absolute atomic E-state index is 13.0. The van der Waals surface area contributed by atoms with Crippen LogP contribution in [-0.2, 0) is 19.1 Å². The van der Waals surface area contributed by atoms with Crippen LogP contribution in [-0.4, -0.2) is 68.6 Å². The fraction of sp³-hybridized carbons (Fsp3) is 0.625. The van der Waals surface area contributed by atoms with Gasteiger partial charge in [-0.3, -0.25) is 19.3 Å². The molecular weight excluding hydrogens is 408 g/mol. The third-order valence-electron chi connectivity index (χ3n) is 6.65. The van der Waals surface area contributed by atoms with Gasteiger partial charge in [-0.15, -0.1) is 0 Å². The number of nitrogens with two attached hydrogens (primary N) is 1. The van der Waals surface area contributed by atoms with E-state index in [1.54, 1.807) is 0 Å². The third-order valence-corrected chi connectivity index (χ3v) is 6.65. The maximum atomic E-state index is 13.0. The van der Waals surface area contributed by atoms with Gasteiger partial charge in [-0.1, -0.05) is 49.6 Å². The van der Waals surface area contributed by atoms with E-state index in [9.17, 15) is 14.4 Å². The molecule has 0 aromatic heterocycles. The number of nitrogens with one attached hydrogen (secondary N) is 2. The number of primary amides is 1. The zero-order chi connectivity index (χ0) is 22.8. The Bertz CT molecular complexity index is 759. The third kappa shape index (κ3) is 6.29. The number of amides is 3. The topological polar surface area (TPSA) is 114 Å². The van der Waals surface area contributed by atoms with Crippen LogP contribution in [0.4, 0.5) is 0 Å². The second-order valence-corrected chi connectivity index (χ2v) is 8.78. The van der Waals surface area contributed by atoms with Gasteiger partial charge in [0.2, 0.25) is 17.7 Å². The number of benzene rings is 1. The summed E-state index contributed by atoms with van der Waals surface area (Å²) in [5, 5.41) is 5.89. The molecule has 1 saturated heterocycles. The molecule has 32 heavy (non-hydrogen) atoms. The highest BCUT2D eigenvalue weighted by Crippen LogP contribution is 2.36. The van der Waals surface area contributed by atoms with Gasteiger partial charge in [0.1, 0.15) is 5.41 Å². The molecule has 0 spiro atoms. The van der Waals surface area contributed by atoms with Crippen LogP contribution in [0, 0.1) is 5.41 Å². The van der Waals surface area contributed by atoms with E-state index in [2.05, 4.69) is 15.5 Å². The molecule has 1 unspecified atom stereocenters. The molecule has 4 N–H and O–H groups in total. The summed E-state index contributed by atoms with van der Waals surface area (Å²) in [4.78, 5) is 40.5. The molecule has 3 rings (SSSR count). The second kappa shape index (κ2) is 12.0. The predicted octanol–water partition coefficient (Wildman–Crippen LogP) is 1.16. The lowest BCUT2D eigenvalue weighted by atomic mass is 9.72. The zero-order valence-corrected chi connectivity index (χ0v) is 18.8. The first-order chi connectivity index (χ1) is 15.5. The van der Waals surface area contributed by atoms with Gasteiger partial charge in [-0.25, -0.2) is 0 Å². The number of hydrogen-bond acceptors (Lipinski definition) is 5. The van der Waals surface area contributed by atoms with Crippen LogP contribution in [0.5, 0.6) is 0 Å². The van der Waals surface area contributed by atoms with Gasteiger partial charge in [0, 0.05) is 26.2 Å². The summed E-state index contributed by atoms with van der Waals surface area (Å²) >= 11 is 0. The molecule has 8 nitrogen and oxygen atoms in total. The van der Waals surface area contributed by atoms with Crippen LogP contribution in [0.1, 0.15) is 50.0 Å². The molecule has 0 radical (unpaired) electrons. The SMILES string of the molecule is NC(=O)C1(C(=O)NCC(C(=O)NCCCN2CCOCC2)c2ccccc2)CCCCC1. The Kier molecular flexibility index (Phi) is 9.05. The molecule has 0 bridgehead atoms. The smallest absolute Gasteiger partial charge is 0.235 e. The normalized spacial score (nSPS) is 19.6. The number of morpholine rings is 1. The minimum atomic E-state index is -1.16. The molecule has 1 saturated carbocycles. The molecule has 1 atom stereocenters. The van der Waals surface area contributed by atoms with E-state index in [0.717, 1.165) is 64.1 Å². The molecule has 1 aliphatic carbocycles. The van der Waals surface area contributed by atoms with Crippen LogP contribution in [0.25, 0.3) is 0 Å². The Hall–Kier alpha value is -2.45. The van der Waals surface area contributed by atoms with Gasteiger partial charge >= 0.3 is 0 Å². The van der Waals surface area contributed by atoms with E-state index >= 15 is 0 Å². The zero-order valence-electron chi connectivity index (χ0n) is 18.8. The number of carbonyl (C=O) groups excluding carboxylic acids is 3. The minimum absolute atomic E-state index is 0.129. The van der Waals surface area contributed by atoms with Crippen molar-refractivity contribution in [3.05, 3.63) is 35.9 Å². The lowest BCUT2D eigenvalue weighted by Gasteiger charge is -2.33. The molecular formula is C24H36N4O4. The highest BCUT2D eigenvalue weighted by molar-refractivity contribution is 6.04. The van der Waals surface area contributed by atoms with Gasteiger partial charge < -0.3 is 21.1 Å². The standard InChI is InChI=1S/C24H36N4O4/c25-22(30)24(10-5-2-6-11-24)23(31)27-18-20(19-8-3-1-4-9-19)21(29)26-12-7-13-28-14-16-32-17-15-28/h1,3-4,8-9,20H,2,5-7,10-18H2,(H2,25,30)(H,26,29)(H,27,31). The quantitative estimate of drug-likeness (QED) is 0.370. The molecule has 2 fully saturated rings. The van der Waals surface area contributed by atoms with Crippen LogP contribution >= 0.6 is 0 Å². The molecule has 1 aromatic rings. The number of carbonyl (C=O) groups is 3. The van der Waals surface area contributed by atoms with Crippen molar-refractivity contribution < 1.29 is 19.1 Å². The van der Waals surface area contributed by atoms with Crippen molar-refractivity contribution in [2.75, 3.05) is 45.9 Å². The van der Waals surface area contributed by atoms with Crippen molar-refractivity contribution in [1.29, 1.82) is 0 Å². The summed E-state index contributed by atoms with van der Waals surface area (Å²) in [6.07, 6.45) is 4.41. The van der Waals surface area contributed by atoms with Crippen molar-refractivity contribution in [3.63, 3.8) is 0 Å². The van der Waals surface area contributed by atoms with Gasteiger partial charge in [0.15, 0.2) is 0 Å². The second-order valence-electron chi connectivity index (χ2n) is 8.78. The molecule has 1 aromatic carbocycles. The Labute approximate surface area is 190 Å². The molecule has 176 valence electrons. The van der Waals surface area contributed by atoms with E-state index in [1.165, 1.54) is 0 Å². The molecule has 8 heteroatoms. The lowest BCUT2D eigenvalue weighted by molar-refractivity contribution is -0.144. The first-order valence-corrected chi connectivity index (χ1v) is 11.7. The highest BCUT2D eigenvalue weighted by Gasteiger charge is 2.45. The van der Waals surface area contributed by atoms with E-state index in [4.69, 9.17) is 10.5 Å². The summed E-state index contributed by atoms with van der Waals surface area (Å²) in [5.74, 6) is -1.59. The van der Waals surface area contributed by atoms with E-state index in [1.807, 2.05) is 30.3 Å². The fourth-order valence-corrected chi connectivity index (χ4v) is 4.61. The van der Waals surface area contributed by atoms with Crippen LogP contribution < -0.4 is 16.4 Å². The minimum Gasteiger partial charge on any atom is -0.379 e. The van der Waals surface area contributed by atoms with Crippen molar-refractivity contribution in [3.8, 4) is 0 Å². The highest BCUT2D eigenvalue weighted by atomic mass is 16.5. The Morgan fingerprint density at radius 3 is 2.38 bits per heavy atom. The number of nitrogens with zero attached hydrogens (tertiary/aromatic N) is 1. The summed E-state index contributed by atoms with van der Waals surface area (Å²) < 4.78 is 5.36. The summed E-state index contributed by atoms with van der Waals surface area (Å²) in [7, 11) is 0. The van der Waals surface area contributed by atoms with Gasteiger partial charge in [-0.2, -0.15) is 0 Å². The summed E-state index contributed by atoms with van der Waals surface area (Å²) in [6.45, 7) is 4.98. The summed E-state index contributed by atoms with van der Waals surface area (Å²) in [6, 6.07) is 9.41. The van der Waals surface area contributed by atoms with E-state index < -0.39 is 17.2 Å². The van der Waals surface area contributed by atoms with Crippen LogP contribution in [0.2, 0.25) is 0 Å². The summed E-state index contributed by atoms with van der Waals surface area (Å²) in [5.41, 5.74) is 5.30. The van der Waals surface area contributed by atoms with Crippen molar-refractivity contribution in [1.82, 2.24) is 15.5 Å². The molecule has 3 amide bonds. The van der Waals surface area contributed by atoms with Crippen LogP contribution in [0.15, 0.2) is 30.3 Å². The van der Waals surface area contributed by atoms with Crippen molar-refractivity contribution >= 4 is 17.7 Å². The average molecular weight is 445 g/mol. The fourth-order valence-electron chi connectivity index (χ4n) is 4.61. The van der Waals surface area contributed by atoms with E-state index in [-0.39, 0.29) is 18.4 Å². The number of rotatable bonds is 10. The molecule has 1 aliphatic heterocycles. The van der Waals surface area contributed by atoms with Crippen LogP contribution in [0.3, 0.4) is 0 Å². The largest absolute Gasteiger partial charge is 0.379 e. The maximum Gasteiger partial charge on any atom is 0.235 e.